The molecule has 4 nitrogen and oxygen atoms in total. The van der Waals surface area contributed by atoms with Gasteiger partial charge in [-0.25, -0.2) is 8.78 Å². The van der Waals surface area contributed by atoms with E-state index in [4.69, 9.17) is 0 Å². The molecule has 7 heteroatoms. The van der Waals surface area contributed by atoms with Crippen LogP contribution in [0.3, 0.4) is 0 Å². The normalized spacial score (nSPS) is 16.0. The minimum Gasteiger partial charge on any atom is -0.326 e. The van der Waals surface area contributed by atoms with Crippen LogP contribution in [0.15, 0.2) is 46.7 Å². The topological polar surface area (TPSA) is 69.6 Å². The lowest BCUT2D eigenvalue weighted by Gasteiger charge is -2.25. The van der Waals surface area contributed by atoms with E-state index in [9.17, 15) is 22.7 Å². The van der Waals surface area contributed by atoms with E-state index >= 15 is 0 Å². The van der Waals surface area contributed by atoms with Crippen LogP contribution in [0.25, 0.3) is 6.08 Å². The predicted molar refractivity (Wildman–Crippen MR) is 85.3 cm³/mol. The highest BCUT2D eigenvalue weighted by Crippen LogP contribution is 2.56. The van der Waals surface area contributed by atoms with Crippen molar-refractivity contribution in [3.63, 3.8) is 0 Å². The van der Waals surface area contributed by atoms with Crippen LogP contribution in [0.5, 0.6) is 0 Å². The van der Waals surface area contributed by atoms with Crippen molar-refractivity contribution in [2.75, 3.05) is 5.32 Å². The molecule has 1 aliphatic heterocycles. The van der Waals surface area contributed by atoms with Gasteiger partial charge in [-0.1, -0.05) is 12.1 Å². The first-order valence-electron chi connectivity index (χ1n) is 6.69. The third kappa shape index (κ3) is 3.26. The van der Waals surface area contributed by atoms with Crippen LogP contribution in [0.2, 0.25) is 0 Å². The molecule has 0 bridgehead atoms. The monoisotopic (exact) mass is 337 g/mol. The predicted octanol–water partition coefficient (Wildman–Crippen LogP) is 4.24. The summed E-state index contributed by atoms with van der Waals surface area (Å²) >= 11 is 0. The molecule has 3 N–H and O–H groups in total. The Morgan fingerprint density at radius 2 is 1.87 bits per heavy atom. The summed E-state index contributed by atoms with van der Waals surface area (Å²) < 4.78 is 45.7. The van der Waals surface area contributed by atoms with Gasteiger partial charge in [0.15, 0.2) is 11.6 Å². The maximum atomic E-state index is 13.1. The Bertz CT molecular complexity index is 821. The van der Waals surface area contributed by atoms with Gasteiger partial charge in [0.05, 0.1) is 11.3 Å². The highest BCUT2D eigenvalue weighted by atomic mass is 32.3. The van der Waals surface area contributed by atoms with E-state index in [-0.39, 0.29) is 6.42 Å². The van der Waals surface area contributed by atoms with Gasteiger partial charge in [-0.15, -0.1) is 10.6 Å². The second-order valence-electron chi connectivity index (χ2n) is 5.12. The van der Waals surface area contributed by atoms with E-state index in [0.29, 0.717) is 21.7 Å². The lowest BCUT2D eigenvalue weighted by Crippen LogP contribution is -2.14. The van der Waals surface area contributed by atoms with Gasteiger partial charge >= 0.3 is 0 Å². The zero-order valence-corrected chi connectivity index (χ0v) is 12.6. The summed E-state index contributed by atoms with van der Waals surface area (Å²) in [6, 6.07) is 8.06. The lowest BCUT2D eigenvalue weighted by molar-refractivity contribution is -0.115. The van der Waals surface area contributed by atoms with Crippen molar-refractivity contribution in [1.29, 1.82) is 0 Å². The van der Waals surface area contributed by atoms with Crippen molar-refractivity contribution in [2.24, 2.45) is 0 Å². The number of anilines is 1. The molecule has 1 amide bonds. The van der Waals surface area contributed by atoms with Gasteiger partial charge in [-0.05, 0) is 41.5 Å². The maximum Gasteiger partial charge on any atom is 0.228 e. The standard InChI is InChI=1S/C16H13F2NO3S/c17-13-4-1-10(7-14(13)18)8-16(20)19-12-3-2-11-5-6-23(21,22)15(11)9-12/h1-7,9,21-22H,8H2,(H,19,20). The largest absolute Gasteiger partial charge is 0.326 e. The quantitative estimate of drug-likeness (QED) is 0.784. The summed E-state index contributed by atoms with van der Waals surface area (Å²) in [5.41, 5.74) is 1.43. The Morgan fingerprint density at radius 1 is 1.09 bits per heavy atom. The fraction of sp³-hybridized carbons (Fsp3) is 0.0625. The molecule has 3 rings (SSSR count). The first-order chi connectivity index (χ1) is 10.8. The fourth-order valence-electron chi connectivity index (χ4n) is 2.29. The Kier molecular flexibility index (Phi) is 3.93. The van der Waals surface area contributed by atoms with E-state index in [1.54, 1.807) is 18.2 Å². The van der Waals surface area contributed by atoms with Gasteiger partial charge in [-0.2, -0.15) is 0 Å². The number of halogens is 2. The molecule has 120 valence electrons. The molecule has 1 aliphatic rings. The molecule has 2 aromatic carbocycles. The van der Waals surface area contributed by atoms with Crippen LogP contribution in [-0.2, 0) is 11.2 Å². The number of rotatable bonds is 3. The molecule has 0 fully saturated rings. The molecular weight excluding hydrogens is 324 g/mol. The van der Waals surface area contributed by atoms with E-state index in [1.165, 1.54) is 17.5 Å². The highest BCUT2D eigenvalue weighted by molar-refractivity contribution is 8.27. The maximum absolute atomic E-state index is 13.1. The molecule has 0 atom stereocenters. The molecule has 0 radical (unpaired) electrons. The number of carbonyl (C=O) groups excluding carboxylic acids is 1. The summed E-state index contributed by atoms with van der Waals surface area (Å²) in [6.07, 6.45) is 1.49. The number of benzene rings is 2. The Balaban J connectivity index is 1.73. The summed E-state index contributed by atoms with van der Waals surface area (Å²) in [4.78, 5) is 12.3. The minimum absolute atomic E-state index is 0.122. The zero-order valence-electron chi connectivity index (χ0n) is 11.8. The van der Waals surface area contributed by atoms with Crippen LogP contribution in [-0.4, -0.2) is 15.0 Å². The van der Waals surface area contributed by atoms with Crippen molar-refractivity contribution < 1.29 is 22.7 Å². The third-order valence-electron chi connectivity index (χ3n) is 3.41. The number of nitrogens with one attached hydrogen (secondary N) is 1. The fourth-order valence-corrected chi connectivity index (χ4v) is 3.56. The number of hydrogen-bond acceptors (Lipinski definition) is 3. The Morgan fingerprint density at radius 3 is 2.61 bits per heavy atom. The van der Waals surface area contributed by atoms with Crippen molar-refractivity contribution in [3.05, 3.63) is 64.6 Å². The summed E-state index contributed by atoms with van der Waals surface area (Å²) in [7, 11) is -2.96. The van der Waals surface area contributed by atoms with Crippen LogP contribution in [0, 0.1) is 11.6 Å². The van der Waals surface area contributed by atoms with Crippen LogP contribution in [0.1, 0.15) is 11.1 Å². The number of fused-ring (bicyclic) bond motifs is 1. The Hall–Kier alpha value is -2.22. The molecule has 0 saturated carbocycles. The van der Waals surface area contributed by atoms with Crippen LogP contribution < -0.4 is 5.32 Å². The van der Waals surface area contributed by atoms with Crippen molar-refractivity contribution in [2.45, 2.75) is 11.3 Å². The Labute approximate surface area is 132 Å². The molecule has 0 spiro atoms. The van der Waals surface area contributed by atoms with Crippen molar-refractivity contribution in [3.8, 4) is 0 Å². The SMILES string of the molecule is O=C(Cc1ccc(F)c(F)c1)Nc1ccc2c(c1)S(O)(O)C=C2. The average Bonchev–Trinajstić information content (AvgIpc) is 2.78. The minimum atomic E-state index is -2.96. The molecular formula is C16H13F2NO3S. The number of hydrogen-bond donors (Lipinski definition) is 3. The van der Waals surface area contributed by atoms with E-state index < -0.39 is 28.1 Å². The number of amides is 1. The third-order valence-corrected chi connectivity index (χ3v) is 4.92. The second-order valence-corrected chi connectivity index (χ2v) is 7.02. The van der Waals surface area contributed by atoms with E-state index in [1.807, 2.05) is 0 Å². The van der Waals surface area contributed by atoms with Gasteiger partial charge in [0.2, 0.25) is 5.91 Å². The van der Waals surface area contributed by atoms with E-state index in [2.05, 4.69) is 5.32 Å². The lowest BCUT2D eigenvalue weighted by atomic mass is 10.1. The average molecular weight is 337 g/mol. The van der Waals surface area contributed by atoms with Gasteiger partial charge in [0.25, 0.3) is 0 Å². The van der Waals surface area contributed by atoms with Crippen molar-refractivity contribution in [1.82, 2.24) is 0 Å². The molecule has 1 heterocycles. The van der Waals surface area contributed by atoms with Gasteiger partial charge < -0.3 is 5.32 Å². The van der Waals surface area contributed by atoms with Crippen LogP contribution in [0.4, 0.5) is 14.5 Å². The van der Waals surface area contributed by atoms with Gasteiger partial charge in [0, 0.05) is 11.1 Å². The molecule has 23 heavy (non-hydrogen) atoms. The van der Waals surface area contributed by atoms with Crippen molar-refractivity contribution >= 4 is 28.3 Å². The summed E-state index contributed by atoms with van der Waals surface area (Å²) in [5, 5.41) is 3.92. The molecule has 0 aromatic heterocycles. The zero-order chi connectivity index (χ0) is 16.6. The smallest absolute Gasteiger partial charge is 0.228 e. The number of carbonyl (C=O) groups is 1. The first kappa shape index (κ1) is 15.7. The molecule has 0 saturated heterocycles. The molecule has 2 aromatic rings. The summed E-state index contributed by atoms with van der Waals surface area (Å²) in [6.45, 7) is 0. The molecule has 0 aliphatic carbocycles. The second kappa shape index (κ2) is 5.77. The first-order valence-corrected chi connectivity index (χ1v) is 8.30. The van der Waals surface area contributed by atoms with Gasteiger partial charge in [-0.3, -0.25) is 13.9 Å². The highest BCUT2D eigenvalue weighted by Gasteiger charge is 2.22. The van der Waals surface area contributed by atoms with Gasteiger partial charge in [0.1, 0.15) is 0 Å². The molecule has 0 unspecified atom stereocenters. The van der Waals surface area contributed by atoms with Crippen LogP contribution >= 0.6 is 10.6 Å². The summed E-state index contributed by atoms with van der Waals surface area (Å²) in [5.74, 6) is -2.39. The van der Waals surface area contributed by atoms with E-state index in [0.717, 1.165) is 12.1 Å².